The zero-order valence-electron chi connectivity index (χ0n) is 10.1. The molecule has 1 aromatic carbocycles. The molecule has 0 saturated heterocycles. The fourth-order valence-corrected chi connectivity index (χ4v) is 1.97. The number of benzene rings is 1. The van der Waals surface area contributed by atoms with Gasteiger partial charge in [-0.15, -0.1) is 0 Å². The largest absolute Gasteiger partial charge is 0.479 e. The maximum absolute atomic E-state index is 12.6. The third-order valence-electron chi connectivity index (χ3n) is 2.57. The van der Waals surface area contributed by atoms with Crippen molar-refractivity contribution in [1.29, 1.82) is 0 Å². The molecule has 0 fully saturated rings. The van der Waals surface area contributed by atoms with Crippen molar-refractivity contribution < 1.29 is 33.0 Å². The minimum Gasteiger partial charge on any atom is -0.479 e. The van der Waals surface area contributed by atoms with Gasteiger partial charge in [-0.2, -0.15) is 13.2 Å². The van der Waals surface area contributed by atoms with Gasteiger partial charge in [-0.1, -0.05) is 22.0 Å². The van der Waals surface area contributed by atoms with Crippen LogP contribution in [0.25, 0.3) is 0 Å². The van der Waals surface area contributed by atoms with Gasteiger partial charge >= 0.3 is 12.1 Å². The molecule has 0 radical (unpaired) electrons. The fraction of sp³-hybridized carbons (Fsp3) is 0.333. The van der Waals surface area contributed by atoms with Crippen molar-refractivity contribution in [3.05, 3.63) is 34.9 Å². The number of ketones is 1. The molecule has 1 rings (SSSR count). The standard InChI is InChI=1S/C12H10BrF3O4/c1-5(17)9(13)8-4-6(12(14,15)16)2-3-7(8)10(18)11(19)20/h2-4,9-10,18H,1H3,(H,19,20). The van der Waals surface area contributed by atoms with Crippen LogP contribution in [0.3, 0.4) is 0 Å². The second kappa shape index (κ2) is 5.92. The Labute approximate surface area is 120 Å². The number of carboxylic acid groups (broad SMARTS) is 1. The number of carboxylic acids is 1. The molecule has 2 N–H and O–H groups in total. The topological polar surface area (TPSA) is 74.6 Å². The van der Waals surface area contributed by atoms with Gasteiger partial charge in [0.05, 0.1) is 10.4 Å². The van der Waals surface area contributed by atoms with E-state index in [1.54, 1.807) is 0 Å². The Morgan fingerprint density at radius 1 is 1.25 bits per heavy atom. The lowest BCUT2D eigenvalue weighted by molar-refractivity contribution is -0.147. The van der Waals surface area contributed by atoms with Gasteiger partial charge in [0.25, 0.3) is 0 Å². The number of aliphatic hydroxyl groups is 1. The second-order valence-electron chi connectivity index (χ2n) is 4.06. The summed E-state index contributed by atoms with van der Waals surface area (Å²) in [4.78, 5) is 20.9. The molecule has 2 atom stereocenters. The lowest BCUT2D eigenvalue weighted by Crippen LogP contribution is -2.16. The fourth-order valence-electron chi connectivity index (χ4n) is 1.57. The van der Waals surface area contributed by atoms with Gasteiger partial charge in [0, 0.05) is 0 Å². The number of hydrogen-bond acceptors (Lipinski definition) is 3. The SMILES string of the molecule is CC(=O)C(Br)c1cc(C(F)(F)F)ccc1C(O)C(=O)O. The van der Waals surface area contributed by atoms with Crippen molar-refractivity contribution >= 4 is 27.7 Å². The number of carbonyl (C=O) groups excluding carboxylic acids is 1. The Hall–Kier alpha value is -1.41. The number of Topliss-reactive ketones (excluding diaryl/α,β-unsaturated/α-hetero) is 1. The first kappa shape index (κ1) is 16.6. The van der Waals surface area contributed by atoms with Crippen LogP contribution in [0.4, 0.5) is 13.2 Å². The number of hydrogen-bond donors (Lipinski definition) is 2. The number of aliphatic carboxylic acids is 1. The van der Waals surface area contributed by atoms with E-state index in [0.29, 0.717) is 12.1 Å². The Morgan fingerprint density at radius 2 is 1.80 bits per heavy atom. The van der Waals surface area contributed by atoms with Crippen LogP contribution in [0, 0.1) is 0 Å². The monoisotopic (exact) mass is 354 g/mol. The normalized spacial score (nSPS) is 14.7. The van der Waals surface area contributed by atoms with Crippen LogP contribution >= 0.6 is 15.9 Å². The van der Waals surface area contributed by atoms with Gasteiger partial charge in [-0.05, 0) is 30.2 Å². The van der Waals surface area contributed by atoms with Crippen molar-refractivity contribution in [1.82, 2.24) is 0 Å². The van der Waals surface area contributed by atoms with E-state index < -0.39 is 34.4 Å². The van der Waals surface area contributed by atoms with Crippen molar-refractivity contribution in [3.63, 3.8) is 0 Å². The van der Waals surface area contributed by atoms with Gasteiger partial charge in [-0.25, -0.2) is 4.79 Å². The highest BCUT2D eigenvalue weighted by Crippen LogP contribution is 2.36. The van der Waals surface area contributed by atoms with Crippen molar-refractivity contribution in [3.8, 4) is 0 Å². The number of halogens is 4. The molecule has 0 heterocycles. The van der Waals surface area contributed by atoms with Crippen LogP contribution in [-0.4, -0.2) is 22.0 Å². The van der Waals surface area contributed by atoms with Crippen LogP contribution in [0.15, 0.2) is 18.2 Å². The maximum Gasteiger partial charge on any atom is 0.416 e. The van der Waals surface area contributed by atoms with Gasteiger partial charge in [0.1, 0.15) is 5.78 Å². The highest BCUT2D eigenvalue weighted by Gasteiger charge is 2.33. The van der Waals surface area contributed by atoms with Crippen molar-refractivity contribution in [2.24, 2.45) is 0 Å². The van der Waals surface area contributed by atoms with Crippen molar-refractivity contribution in [2.75, 3.05) is 0 Å². The smallest absolute Gasteiger partial charge is 0.416 e. The minimum atomic E-state index is -4.63. The summed E-state index contributed by atoms with van der Waals surface area (Å²) in [5, 5.41) is 18.2. The summed E-state index contributed by atoms with van der Waals surface area (Å²) in [6.07, 6.45) is -6.64. The molecule has 0 bridgehead atoms. The van der Waals surface area contributed by atoms with E-state index in [4.69, 9.17) is 5.11 Å². The van der Waals surface area contributed by atoms with E-state index in [-0.39, 0.29) is 11.1 Å². The Kier molecular flexibility index (Phi) is 4.93. The molecule has 0 aliphatic rings. The third-order valence-corrected chi connectivity index (χ3v) is 3.71. The van der Waals surface area contributed by atoms with Crippen LogP contribution in [0.2, 0.25) is 0 Å². The molecule has 8 heteroatoms. The highest BCUT2D eigenvalue weighted by molar-refractivity contribution is 9.09. The van der Waals surface area contributed by atoms with Crippen LogP contribution < -0.4 is 0 Å². The first-order valence-corrected chi connectivity index (χ1v) is 6.23. The lowest BCUT2D eigenvalue weighted by atomic mass is 9.96. The Balaban J connectivity index is 3.46. The van der Waals surface area contributed by atoms with E-state index in [1.165, 1.54) is 0 Å². The predicted molar refractivity (Wildman–Crippen MR) is 66.4 cm³/mol. The first-order chi connectivity index (χ1) is 9.05. The van der Waals surface area contributed by atoms with Gasteiger partial charge < -0.3 is 10.2 Å². The van der Waals surface area contributed by atoms with E-state index >= 15 is 0 Å². The molecule has 110 valence electrons. The molecule has 1 aromatic rings. The zero-order valence-corrected chi connectivity index (χ0v) is 11.7. The molecule has 4 nitrogen and oxygen atoms in total. The summed E-state index contributed by atoms with van der Waals surface area (Å²) in [6.45, 7) is 1.14. The van der Waals surface area contributed by atoms with E-state index in [0.717, 1.165) is 13.0 Å². The van der Waals surface area contributed by atoms with E-state index in [1.807, 2.05) is 0 Å². The molecule has 0 spiro atoms. The van der Waals surface area contributed by atoms with Gasteiger partial charge in [-0.3, -0.25) is 4.79 Å². The number of rotatable bonds is 4. The quantitative estimate of drug-likeness (QED) is 0.815. The number of carbonyl (C=O) groups is 2. The third kappa shape index (κ3) is 3.57. The summed E-state index contributed by atoms with van der Waals surface area (Å²) in [7, 11) is 0. The molecular weight excluding hydrogens is 345 g/mol. The second-order valence-corrected chi connectivity index (χ2v) is 4.97. The molecule has 0 saturated carbocycles. The lowest BCUT2D eigenvalue weighted by Gasteiger charge is -2.17. The summed E-state index contributed by atoms with van der Waals surface area (Å²) < 4.78 is 37.9. The summed E-state index contributed by atoms with van der Waals surface area (Å²) >= 11 is 2.90. The molecular formula is C12H10BrF3O4. The first-order valence-electron chi connectivity index (χ1n) is 5.32. The van der Waals surface area contributed by atoms with E-state index in [2.05, 4.69) is 15.9 Å². The average molecular weight is 355 g/mol. The van der Waals surface area contributed by atoms with Crippen LogP contribution in [-0.2, 0) is 15.8 Å². The van der Waals surface area contributed by atoms with Crippen molar-refractivity contribution in [2.45, 2.75) is 24.0 Å². The Morgan fingerprint density at radius 3 is 2.20 bits per heavy atom. The Bertz CT molecular complexity index is 542. The maximum atomic E-state index is 12.6. The van der Waals surface area contributed by atoms with Gasteiger partial charge in [0.15, 0.2) is 6.10 Å². The number of alkyl halides is 4. The summed E-state index contributed by atoms with van der Waals surface area (Å²) in [5.74, 6) is -2.13. The minimum absolute atomic E-state index is 0.220. The number of aliphatic hydroxyl groups excluding tert-OH is 1. The molecule has 2 unspecified atom stereocenters. The summed E-state index contributed by atoms with van der Waals surface area (Å²) in [6, 6.07) is 2.17. The molecule has 0 aromatic heterocycles. The molecule has 20 heavy (non-hydrogen) atoms. The van der Waals surface area contributed by atoms with E-state index in [9.17, 15) is 27.9 Å². The summed E-state index contributed by atoms with van der Waals surface area (Å²) in [5.41, 5.74) is -1.51. The van der Waals surface area contributed by atoms with Gasteiger partial charge in [0.2, 0.25) is 0 Å². The van der Waals surface area contributed by atoms with Crippen LogP contribution in [0.1, 0.15) is 34.5 Å². The zero-order chi connectivity index (χ0) is 15.7. The molecule has 0 aliphatic heterocycles. The average Bonchev–Trinajstić information content (AvgIpc) is 2.34. The molecule has 0 aliphatic carbocycles. The molecule has 0 amide bonds. The van der Waals surface area contributed by atoms with Crippen LogP contribution in [0.5, 0.6) is 0 Å². The highest BCUT2D eigenvalue weighted by atomic mass is 79.9. The predicted octanol–water partition coefficient (Wildman–Crippen LogP) is 2.85.